The lowest BCUT2D eigenvalue weighted by molar-refractivity contribution is 0.0600. The number of carbonyl (C=O) groups is 1. The molecule has 1 atom stereocenters. The van der Waals surface area contributed by atoms with Gasteiger partial charge in [-0.3, -0.25) is 0 Å². The molecule has 1 aromatic rings. The summed E-state index contributed by atoms with van der Waals surface area (Å²) in [6.07, 6.45) is -0.774. The van der Waals surface area contributed by atoms with Crippen molar-refractivity contribution in [2.45, 2.75) is 31.8 Å². The molecule has 0 radical (unpaired) electrons. The van der Waals surface area contributed by atoms with E-state index >= 15 is 0 Å². The number of hydrogen-bond donors (Lipinski definition) is 2. The second-order valence-electron chi connectivity index (χ2n) is 5.14. The monoisotopic (exact) mass is 315 g/mol. The topological polar surface area (TPSA) is 92.7 Å². The Morgan fingerprint density at radius 2 is 2.00 bits per heavy atom. The molecule has 0 saturated carbocycles. The smallest absolute Gasteiger partial charge is 0.337 e. The highest BCUT2D eigenvalue weighted by atomic mass is 32.2. The predicted molar refractivity (Wildman–Crippen MR) is 78.6 cm³/mol. The molecular formula is C14H21NO5S. The average Bonchev–Trinajstić information content (AvgIpc) is 2.44. The first-order valence-electron chi connectivity index (χ1n) is 6.55. The maximum absolute atomic E-state index is 12.3. The van der Waals surface area contributed by atoms with Gasteiger partial charge in [0.1, 0.15) is 0 Å². The molecule has 1 rings (SSSR count). The standard InChI is InChI=1S/C14H21NO5S/c1-9(2)12(16)8-15-21(18,19)13-7-11(14(17)20-4)6-5-10(13)3/h5-7,9,12,15-16H,8H2,1-4H3. The number of aliphatic hydroxyl groups excluding tert-OH is 1. The number of benzene rings is 1. The third-order valence-electron chi connectivity index (χ3n) is 3.15. The molecule has 0 saturated heterocycles. The van der Waals surface area contributed by atoms with Crippen molar-refractivity contribution in [1.29, 1.82) is 0 Å². The quantitative estimate of drug-likeness (QED) is 0.766. The highest BCUT2D eigenvalue weighted by Crippen LogP contribution is 2.18. The molecule has 0 bridgehead atoms. The first-order chi connectivity index (χ1) is 9.69. The maximum atomic E-state index is 12.3. The number of sulfonamides is 1. The zero-order chi connectivity index (χ0) is 16.2. The van der Waals surface area contributed by atoms with Gasteiger partial charge in [-0.05, 0) is 30.5 Å². The fourth-order valence-electron chi connectivity index (χ4n) is 1.64. The van der Waals surface area contributed by atoms with Crippen molar-refractivity contribution in [2.75, 3.05) is 13.7 Å². The molecule has 0 spiro atoms. The number of nitrogens with one attached hydrogen (secondary N) is 1. The van der Waals surface area contributed by atoms with Crippen molar-refractivity contribution in [2.24, 2.45) is 5.92 Å². The van der Waals surface area contributed by atoms with E-state index in [1.807, 2.05) is 0 Å². The van der Waals surface area contributed by atoms with Crippen LogP contribution in [0.1, 0.15) is 29.8 Å². The summed E-state index contributed by atoms with van der Waals surface area (Å²) in [4.78, 5) is 11.5. The van der Waals surface area contributed by atoms with Gasteiger partial charge >= 0.3 is 5.97 Å². The number of aryl methyl sites for hydroxylation is 1. The Kier molecular flexibility index (Phi) is 5.88. The molecule has 0 aromatic heterocycles. The minimum atomic E-state index is -3.80. The number of aliphatic hydroxyl groups is 1. The van der Waals surface area contributed by atoms with Crippen molar-refractivity contribution in [3.05, 3.63) is 29.3 Å². The van der Waals surface area contributed by atoms with Gasteiger partial charge in [-0.15, -0.1) is 0 Å². The second-order valence-corrected chi connectivity index (χ2v) is 6.87. The number of hydrogen-bond acceptors (Lipinski definition) is 5. The summed E-state index contributed by atoms with van der Waals surface area (Å²) < 4.78 is 31.5. The van der Waals surface area contributed by atoms with Crippen molar-refractivity contribution in [3.8, 4) is 0 Å². The predicted octanol–water partition coefficient (Wildman–Crippen LogP) is 1.08. The second kappa shape index (κ2) is 7.02. The van der Waals surface area contributed by atoms with Crippen LogP contribution in [0, 0.1) is 12.8 Å². The van der Waals surface area contributed by atoms with E-state index in [4.69, 9.17) is 0 Å². The summed E-state index contributed by atoms with van der Waals surface area (Å²) in [5, 5.41) is 9.69. The average molecular weight is 315 g/mol. The van der Waals surface area contributed by atoms with Crippen LogP contribution in [0.15, 0.2) is 23.1 Å². The van der Waals surface area contributed by atoms with Crippen molar-refractivity contribution in [3.63, 3.8) is 0 Å². The Labute approximate surface area is 125 Å². The number of esters is 1. The summed E-state index contributed by atoms with van der Waals surface area (Å²) >= 11 is 0. The van der Waals surface area contributed by atoms with E-state index in [1.165, 1.54) is 19.2 Å². The minimum absolute atomic E-state index is 0.00126. The van der Waals surface area contributed by atoms with Crippen LogP contribution >= 0.6 is 0 Å². The van der Waals surface area contributed by atoms with Crippen LogP contribution in [0.25, 0.3) is 0 Å². The molecule has 118 valence electrons. The van der Waals surface area contributed by atoms with Crippen LogP contribution in [0.3, 0.4) is 0 Å². The van der Waals surface area contributed by atoms with Gasteiger partial charge in [-0.1, -0.05) is 19.9 Å². The van der Waals surface area contributed by atoms with Gasteiger partial charge in [0.15, 0.2) is 0 Å². The van der Waals surface area contributed by atoms with E-state index in [0.29, 0.717) is 5.56 Å². The Bertz CT molecular complexity index is 610. The zero-order valence-corrected chi connectivity index (χ0v) is 13.4. The lowest BCUT2D eigenvalue weighted by Gasteiger charge is -2.16. The van der Waals surface area contributed by atoms with Crippen molar-refractivity contribution < 1.29 is 23.1 Å². The molecule has 21 heavy (non-hydrogen) atoms. The van der Waals surface area contributed by atoms with Gasteiger partial charge < -0.3 is 9.84 Å². The zero-order valence-electron chi connectivity index (χ0n) is 12.6. The molecule has 2 N–H and O–H groups in total. The molecular weight excluding hydrogens is 294 g/mol. The van der Waals surface area contributed by atoms with Crippen LogP contribution in [-0.2, 0) is 14.8 Å². The first kappa shape index (κ1) is 17.6. The third-order valence-corrected chi connectivity index (χ3v) is 4.72. The van der Waals surface area contributed by atoms with E-state index in [9.17, 15) is 18.3 Å². The van der Waals surface area contributed by atoms with Gasteiger partial charge in [0.25, 0.3) is 0 Å². The fourth-order valence-corrected chi connectivity index (χ4v) is 2.96. The molecule has 0 amide bonds. The van der Waals surface area contributed by atoms with Crippen LogP contribution in [0.2, 0.25) is 0 Å². The van der Waals surface area contributed by atoms with Crippen molar-refractivity contribution in [1.82, 2.24) is 4.72 Å². The van der Waals surface area contributed by atoms with E-state index in [2.05, 4.69) is 9.46 Å². The van der Waals surface area contributed by atoms with Gasteiger partial charge in [0, 0.05) is 6.54 Å². The lowest BCUT2D eigenvalue weighted by atomic mass is 10.1. The van der Waals surface area contributed by atoms with E-state index in [0.717, 1.165) is 0 Å². The Morgan fingerprint density at radius 3 is 2.52 bits per heavy atom. The Hall–Kier alpha value is -1.44. The number of methoxy groups -OCH3 is 1. The molecule has 0 aliphatic rings. The molecule has 1 unspecified atom stereocenters. The van der Waals surface area contributed by atoms with Crippen LogP contribution < -0.4 is 4.72 Å². The third kappa shape index (κ3) is 4.52. The summed E-state index contributed by atoms with van der Waals surface area (Å²) in [6.45, 7) is 5.14. The van der Waals surface area contributed by atoms with Gasteiger partial charge in [-0.2, -0.15) is 0 Å². The number of ether oxygens (including phenoxy) is 1. The van der Waals surface area contributed by atoms with E-state index in [-0.39, 0.29) is 22.9 Å². The normalized spacial score (nSPS) is 13.2. The van der Waals surface area contributed by atoms with Gasteiger partial charge in [-0.25, -0.2) is 17.9 Å². The Balaban J connectivity index is 3.05. The van der Waals surface area contributed by atoms with Crippen LogP contribution in [0.5, 0.6) is 0 Å². The SMILES string of the molecule is COC(=O)c1ccc(C)c(S(=O)(=O)NCC(O)C(C)C)c1. The molecule has 0 heterocycles. The highest BCUT2D eigenvalue weighted by molar-refractivity contribution is 7.89. The summed E-state index contributed by atoms with van der Waals surface area (Å²) in [6, 6.07) is 4.31. The minimum Gasteiger partial charge on any atom is -0.465 e. The summed E-state index contributed by atoms with van der Waals surface area (Å²) in [5.74, 6) is -0.663. The van der Waals surface area contributed by atoms with E-state index < -0.39 is 22.1 Å². The van der Waals surface area contributed by atoms with Gasteiger partial charge in [0.2, 0.25) is 10.0 Å². The van der Waals surface area contributed by atoms with Crippen LogP contribution in [-0.4, -0.2) is 39.3 Å². The highest BCUT2D eigenvalue weighted by Gasteiger charge is 2.21. The fraction of sp³-hybridized carbons (Fsp3) is 0.500. The van der Waals surface area contributed by atoms with Crippen LogP contribution in [0.4, 0.5) is 0 Å². The maximum Gasteiger partial charge on any atom is 0.337 e. The van der Waals surface area contributed by atoms with E-state index in [1.54, 1.807) is 26.8 Å². The molecule has 6 nitrogen and oxygen atoms in total. The Morgan fingerprint density at radius 1 is 1.38 bits per heavy atom. The first-order valence-corrected chi connectivity index (χ1v) is 8.04. The largest absolute Gasteiger partial charge is 0.465 e. The van der Waals surface area contributed by atoms with Gasteiger partial charge in [0.05, 0.1) is 23.7 Å². The number of rotatable bonds is 6. The molecule has 0 aliphatic carbocycles. The molecule has 0 fully saturated rings. The van der Waals surface area contributed by atoms with Crippen molar-refractivity contribution >= 4 is 16.0 Å². The molecule has 7 heteroatoms. The number of carbonyl (C=O) groups excluding carboxylic acids is 1. The lowest BCUT2D eigenvalue weighted by Crippen LogP contribution is -2.35. The molecule has 1 aromatic carbocycles. The summed E-state index contributed by atoms with van der Waals surface area (Å²) in [5.41, 5.74) is 0.669. The molecule has 0 aliphatic heterocycles. The summed E-state index contributed by atoms with van der Waals surface area (Å²) in [7, 11) is -2.57.